The van der Waals surface area contributed by atoms with Crippen LogP contribution in [0.1, 0.15) is 22.5 Å². The van der Waals surface area contributed by atoms with Crippen LogP contribution >= 0.6 is 11.6 Å². The van der Waals surface area contributed by atoms with Crippen molar-refractivity contribution in [3.05, 3.63) is 77.0 Å². The van der Waals surface area contributed by atoms with Crippen LogP contribution < -0.4 is 4.74 Å². The number of halogens is 1. The number of rotatable bonds is 6. The minimum Gasteiger partial charge on any atom is -0.496 e. The van der Waals surface area contributed by atoms with E-state index in [4.69, 9.17) is 20.8 Å². The van der Waals surface area contributed by atoms with Gasteiger partial charge in [-0.15, -0.1) is 0 Å². The summed E-state index contributed by atoms with van der Waals surface area (Å²) in [7, 11) is -1.68. The third kappa shape index (κ3) is 4.78. The van der Waals surface area contributed by atoms with Crippen LogP contribution in [0.2, 0.25) is 5.02 Å². The van der Waals surface area contributed by atoms with Gasteiger partial charge in [0, 0.05) is 16.6 Å². The Hall–Kier alpha value is -2.77. The maximum absolute atomic E-state index is 13.4. The summed E-state index contributed by atoms with van der Waals surface area (Å²) >= 11 is 6.07. The van der Waals surface area contributed by atoms with E-state index in [2.05, 4.69) is 0 Å². The number of amides is 1. The van der Waals surface area contributed by atoms with Crippen LogP contribution in [0.5, 0.6) is 5.75 Å². The van der Waals surface area contributed by atoms with Crippen molar-refractivity contribution in [3.8, 4) is 17.1 Å². The van der Waals surface area contributed by atoms with Crippen LogP contribution in [0.25, 0.3) is 11.3 Å². The van der Waals surface area contributed by atoms with Crippen molar-refractivity contribution in [2.75, 3.05) is 18.6 Å². The highest BCUT2D eigenvalue weighted by atomic mass is 35.5. The van der Waals surface area contributed by atoms with Gasteiger partial charge in [-0.1, -0.05) is 35.9 Å². The fourth-order valence-corrected chi connectivity index (χ4v) is 5.71. The van der Waals surface area contributed by atoms with Gasteiger partial charge in [0.15, 0.2) is 9.84 Å². The molecule has 1 aromatic heterocycles. The van der Waals surface area contributed by atoms with Crippen LogP contribution in [-0.2, 0) is 16.4 Å². The highest BCUT2D eigenvalue weighted by Crippen LogP contribution is 2.29. The second kappa shape index (κ2) is 8.77. The second-order valence-corrected chi connectivity index (χ2v) is 10.1. The van der Waals surface area contributed by atoms with Crippen LogP contribution in [0, 0.1) is 0 Å². The molecule has 0 bridgehead atoms. The lowest BCUT2D eigenvalue weighted by Crippen LogP contribution is -2.40. The number of methoxy groups -OCH3 is 1. The normalized spacial score (nSPS) is 17.4. The van der Waals surface area contributed by atoms with E-state index in [1.807, 2.05) is 18.2 Å². The third-order valence-electron chi connectivity index (χ3n) is 5.34. The van der Waals surface area contributed by atoms with Crippen molar-refractivity contribution in [2.24, 2.45) is 0 Å². The van der Waals surface area contributed by atoms with E-state index in [-0.39, 0.29) is 24.0 Å². The van der Waals surface area contributed by atoms with Crippen LogP contribution in [0.3, 0.4) is 0 Å². The van der Waals surface area contributed by atoms with E-state index in [0.717, 1.165) is 5.56 Å². The highest BCUT2D eigenvalue weighted by Gasteiger charge is 2.36. The molecule has 8 heteroatoms. The number of hydrogen-bond acceptors (Lipinski definition) is 5. The van der Waals surface area contributed by atoms with E-state index in [1.165, 1.54) is 7.11 Å². The summed E-state index contributed by atoms with van der Waals surface area (Å²) in [5, 5.41) is 0.597. The Morgan fingerprint density at radius 2 is 1.97 bits per heavy atom. The standard InChI is InChI=1S/C23H22ClNO5S/c1-29-22-8-3-2-7-20(22)23(26)25(18-11-12-31(27,28)15-18)14-19-9-10-21(30-19)16-5-4-6-17(24)13-16/h2-10,13,18H,11-12,14-15H2,1H3/t18-/m1/s1. The van der Waals surface area contributed by atoms with Crippen LogP contribution in [-0.4, -0.2) is 43.9 Å². The predicted octanol–water partition coefficient (Wildman–Crippen LogP) is 4.44. The fourth-order valence-electron chi connectivity index (χ4n) is 3.79. The molecule has 2 aromatic carbocycles. The van der Waals surface area contributed by atoms with Crippen molar-refractivity contribution in [1.82, 2.24) is 4.90 Å². The summed E-state index contributed by atoms with van der Waals surface area (Å²) in [5.41, 5.74) is 1.21. The van der Waals surface area contributed by atoms with Crippen molar-refractivity contribution in [1.29, 1.82) is 0 Å². The van der Waals surface area contributed by atoms with E-state index in [0.29, 0.717) is 34.3 Å². The fraction of sp³-hybridized carbons (Fsp3) is 0.261. The lowest BCUT2D eigenvalue weighted by Gasteiger charge is -2.28. The molecule has 2 heterocycles. The number of ether oxygens (including phenoxy) is 1. The molecular formula is C23H22ClNO5S. The number of nitrogens with zero attached hydrogens (tertiary/aromatic N) is 1. The molecule has 1 saturated heterocycles. The largest absolute Gasteiger partial charge is 0.496 e. The Morgan fingerprint density at radius 3 is 2.68 bits per heavy atom. The third-order valence-corrected chi connectivity index (χ3v) is 7.33. The molecule has 0 N–H and O–H groups in total. The average molecular weight is 460 g/mol. The minimum atomic E-state index is -3.18. The molecule has 0 spiro atoms. The van der Waals surface area contributed by atoms with Gasteiger partial charge >= 0.3 is 0 Å². The Balaban J connectivity index is 1.65. The van der Waals surface area contributed by atoms with Gasteiger partial charge in [0.2, 0.25) is 0 Å². The molecule has 0 saturated carbocycles. The molecule has 162 valence electrons. The first-order valence-electron chi connectivity index (χ1n) is 9.85. The van der Waals surface area contributed by atoms with Crippen molar-refractivity contribution < 1.29 is 22.4 Å². The number of hydrogen-bond donors (Lipinski definition) is 0. The van der Waals surface area contributed by atoms with Crippen LogP contribution in [0.4, 0.5) is 0 Å². The maximum atomic E-state index is 13.4. The molecule has 3 aromatic rings. The van der Waals surface area contributed by atoms with Gasteiger partial charge in [-0.05, 0) is 42.8 Å². The molecule has 1 aliphatic rings. The van der Waals surface area contributed by atoms with Crippen molar-refractivity contribution >= 4 is 27.3 Å². The first-order valence-corrected chi connectivity index (χ1v) is 12.1. The number of benzene rings is 2. The predicted molar refractivity (Wildman–Crippen MR) is 119 cm³/mol. The van der Waals surface area contributed by atoms with Crippen molar-refractivity contribution in [2.45, 2.75) is 19.0 Å². The van der Waals surface area contributed by atoms with E-state index >= 15 is 0 Å². The average Bonchev–Trinajstić information content (AvgIpc) is 3.37. The van der Waals surface area contributed by atoms with Gasteiger partial charge in [-0.25, -0.2) is 8.42 Å². The Bertz CT molecular complexity index is 1200. The van der Waals surface area contributed by atoms with Gasteiger partial charge in [0.1, 0.15) is 17.3 Å². The zero-order valence-corrected chi connectivity index (χ0v) is 18.5. The second-order valence-electron chi connectivity index (χ2n) is 7.47. The summed E-state index contributed by atoms with van der Waals surface area (Å²) < 4.78 is 35.5. The van der Waals surface area contributed by atoms with Gasteiger partial charge in [0.25, 0.3) is 5.91 Å². The van der Waals surface area contributed by atoms with Gasteiger partial charge in [-0.3, -0.25) is 4.79 Å². The summed E-state index contributed by atoms with van der Waals surface area (Å²) in [6.07, 6.45) is 0.394. The number of sulfone groups is 1. The molecule has 0 unspecified atom stereocenters. The Kier molecular flexibility index (Phi) is 6.07. The van der Waals surface area contributed by atoms with Crippen molar-refractivity contribution in [3.63, 3.8) is 0 Å². The smallest absolute Gasteiger partial charge is 0.258 e. The van der Waals surface area contributed by atoms with E-state index < -0.39 is 15.9 Å². The van der Waals surface area contributed by atoms with Gasteiger partial charge < -0.3 is 14.1 Å². The summed E-state index contributed by atoms with van der Waals surface area (Å²) in [6.45, 7) is 0.150. The molecule has 4 rings (SSSR count). The summed E-state index contributed by atoms with van der Waals surface area (Å²) in [4.78, 5) is 15.0. The van der Waals surface area contributed by atoms with E-state index in [9.17, 15) is 13.2 Å². The lowest BCUT2D eigenvalue weighted by atomic mass is 10.1. The first-order chi connectivity index (χ1) is 14.9. The maximum Gasteiger partial charge on any atom is 0.258 e. The first kappa shape index (κ1) is 21.5. The van der Waals surface area contributed by atoms with Gasteiger partial charge in [0.05, 0.1) is 30.7 Å². The lowest BCUT2D eigenvalue weighted by molar-refractivity contribution is 0.0663. The Morgan fingerprint density at radius 1 is 1.16 bits per heavy atom. The van der Waals surface area contributed by atoms with Gasteiger partial charge in [-0.2, -0.15) is 0 Å². The number of furan rings is 1. The molecule has 0 aliphatic carbocycles. The number of carbonyl (C=O) groups excluding carboxylic acids is 1. The topological polar surface area (TPSA) is 76.8 Å². The number of carbonyl (C=O) groups is 1. The minimum absolute atomic E-state index is 0.0598. The quantitative estimate of drug-likeness (QED) is 0.544. The monoisotopic (exact) mass is 459 g/mol. The SMILES string of the molecule is COc1ccccc1C(=O)N(Cc1ccc(-c2cccc(Cl)c2)o1)[C@@H]1CCS(=O)(=O)C1. The molecule has 1 atom stereocenters. The highest BCUT2D eigenvalue weighted by molar-refractivity contribution is 7.91. The summed E-state index contributed by atoms with van der Waals surface area (Å²) in [5.74, 6) is 1.34. The molecule has 1 aliphatic heterocycles. The molecular weight excluding hydrogens is 438 g/mol. The zero-order chi connectivity index (χ0) is 22.0. The van der Waals surface area contributed by atoms with Crippen LogP contribution in [0.15, 0.2) is 65.1 Å². The number of para-hydroxylation sites is 1. The Labute approximate surface area is 186 Å². The van der Waals surface area contributed by atoms with E-state index in [1.54, 1.807) is 47.4 Å². The molecule has 0 radical (unpaired) electrons. The zero-order valence-electron chi connectivity index (χ0n) is 17.0. The molecule has 6 nitrogen and oxygen atoms in total. The molecule has 1 amide bonds. The molecule has 31 heavy (non-hydrogen) atoms. The summed E-state index contributed by atoms with van der Waals surface area (Å²) in [6, 6.07) is 17.4. The molecule has 1 fully saturated rings.